The van der Waals surface area contributed by atoms with Gasteiger partial charge in [0, 0.05) is 22.3 Å². The summed E-state index contributed by atoms with van der Waals surface area (Å²) in [7, 11) is 1.33. The topological polar surface area (TPSA) is 157 Å². The molecule has 0 aromatic rings. The van der Waals surface area contributed by atoms with Crippen LogP contribution in [0.2, 0.25) is 0 Å². The van der Waals surface area contributed by atoms with Crippen molar-refractivity contribution in [3.63, 3.8) is 0 Å². The van der Waals surface area contributed by atoms with Gasteiger partial charge in [0.25, 0.3) is 0 Å². The molecule has 10 nitrogen and oxygen atoms in total. The molecule has 36 heavy (non-hydrogen) atoms. The smallest absolute Gasteiger partial charge is 0.333 e. The SMILES string of the molecule is C=C(C)C(=O)O.C=C(C)C(=O)OC.C=C(C)C(=O)OC1CCCCC1.C=C(C)C(=O)OCC(O)CO. The van der Waals surface area contributed by atoms with Crippen LogP contribution in [0.4, 0.5) is 0 Å². The fraction of sp³-hybridized carbons (Fsp3) is 0.538. The molecular formula is C26H42O10. The van der Waals surface area contributed by atoms with Crippen LogP contribution in [0, 0.1) is 0 Å². The maximum Gasteiger partial charge on any atom is 0.333 e. The van der Waals surface area contributed by atoms with E-state index in [-0.39, 0.29) is 35.8 Å². The summed E-state index contributed by atoms with van der Waals surface area (Å²) in [6, 6.07) is 0. The van der Waals surface area contributed by atoms with Crippen LogP contribution in [0.15, 0.2) is 48.6 Å². The van der Waals surface area contributed by atoms with Crippen LogP contribution >= 0.6 is 0 Å². The first kappa shape index (κ1) is 37.3. The van der Waals surface area contributed by atoms with Gasteiger partial charge in [0.1, 0.15) is 18.8 Å². The fourth-order valence-electron chi connectivity index (χ4n) is 1.96. The van der Waals surface area contributed by atoms with E-state index >= 15 is 0 Å². The van der Waals surface area contributed by atoms with Crippen molar-refractivity contribution < 1.29 is 48.7 Å². The number of rotatable bonds is 8. The summed E-state index contributed by atoms with van der Waals surface area (Å²) in [5.41, 5.74) is 1.38. The van der Waals surface area contributed by atoms with Crippen molar-refractivity contribution in [2.24, 2.45) is 0 Å². The van der Waals surface area contributed by atoms with Crippen molar-refractivity contribution in [3.05, 3.63) is 48.6 Å². The average molecular weight is 515 g/mol. The molecule has 1 aliphatic carbocycles. The van der Waals surface area contributed by atoms with Gasteiger partial charge in [0.2, 0.25) is 0 Å². The molecule has 3 N–H and O–H groups in total. The van der Waals surface area contributed by atoms with Crippen molar-refractivity contribution in [1.29, 1.82) is 0 Å². The quantitative estimate of drug-likeness (QED) is 0.249. The molecule has 0 bridgehead atoms. The van der Waals surface area contributed by atoms with E-state index in [9.17, 15) is 19.2 Å². The molecule has 0 heterocycles. The average Bonchev–Trinajstić information content (AvgIpc) is 2.83. The summed E-state index contributed by atoms with van der Waals surface area (Å²) < 4.78 is 14.0. The zero-order chi connectivity index (χ0) is 28.8. The number of carbonyl (C=O) groups is 4. The largest absolute Gasteiger partial charge is 0.478 e. The van der Waals surface area contributed by atoms with Crippen LogP contribution in [-0.4, -0.2) is 71.7 Å². The van der Waals surface area contributed by atoms with Crippen molar-refractivity contribution in [2.75, 3.05) is 20.3 Å². The Labute approximate surface area is 213 Å². The van der Waals surface area contributed by atoms with Gasteiger partial charge in [-0.2, -0.15) is 0 Å². The third-order valence-corrected chi connectivity index (χ3v) is 4.04. The summed E-state index contributed by atoms with van der Waals surface area (Å²) in [6.45, 7) is 19.0. The number of carboxylic acid groups (broad SMARTS) is 1. The Balaban J connectivity index is -0.000000420. The third kappa shape index (κ3) is 23.9. The number of aliphatic hydroxyl groups excluding tert-OH is 2. The number of carbonyl (C=O) groups excluding carboxylic acids is 3. The van der Waals surface area contributed by atoms with Crippen LogP contribution in [0.25, 0.3) is 0 Å². The standard InChI is InChI=1S/C10H16O2.C7H12O4.C5H8O2.C4H6O2/c1-8(2)10(11)12-9-6-4-3-5-7-9;1-5(2)7(10)11-4-6(9)3-8;1-4(2)5(6)7-3;1-3(2)4(5)6/h9H,1,3-7H2,2H3;6,8-9H,1,3-4H2,2H3;1H2,2-3H3;1H2,2H3,(H,5,6). The zero-order valence-electron chi connectivity index (χ0n) is 22.1. The molecule has 1 rings (SSSR count). The van der Waals surface area contributed by atoms with E-state index in [2.05, 4.69) is 35.8 Å². The lowest BCUT2D eigenvalue weighted by Crippen LogP contribution is -2.22. The number of hydrogen-bond acceptors (Lipinski definition) is 9. The van der Waals surface area contributed by atoms with E-state index in [0.29, 0.717) is 11.1 Å². The number of ether oxygens (including phenoxy) is 3. The van der Waals surface area contributed by atoms with Gasteiger partial charge in [0.05, 0.1) is 13.7 Å². The monoisotopic (exact) mass is 514 g/mol. The molecule has 0 aromatic carbocycles. The van der Waals surface area contributed by atoms with Gasteiger partial charge in [-0.25, -0.2) is 19.2 Å². The minimum Gasteiger partial charge on any atom is -0.478 e. The molecule has 0 aromatic heterocycles. The molecule has 0 spiro atoms. The number of carboxylic acids is 1. The normalized spacial score (nSPS) is 12.8. The minimum absolute atomic E-state index is 0.156. The Morgan fingerprint density at radius 1 is 0.806 bits per heavy atom. The second-order valence-corrected chi connectivity index (χ2v) is 8.02. The van der Waals surface area contributed by atoms with E-state index in [1.165, 1.54) is 40.2 Å². The Kier molecular flexibility index (Phi) is 23.0. The van der Waals surface area contributed by atoms with Crippen LogP contribution in [0.5, 0.6) is 0 Å². The summed E-state index contributed by atoms with van der Waals surface area (Å²) >= 11 is 0. The van der Waals surface area contributed by atoms with Crippen molar-refractivity contribution in [1.82, 2.24) is 0 Å². The predicted molar refractivity (Wildman–Crippen MR) is 136 cm³/mol. The maximum atomic E-state index is 11.1. The number of aliphatic hydroxyl groups is 2. The third-order valence-electron chi connectivity index (χ3n) is 4.04. The van der Waals surface area contributed by atoms with Gasteiger partial charge >= 0.3 is 23.9 Å². The number of esters is 3. The second-order valence-electron chi connectivity index (χ2n) is 8.02. The number of hydrogen-bond donors (Lipinski definition) is 3. The van der Waals surface area contributed by atoms with E-state index in [4.69, 9.17) is 20.1 Å². The van der Waals surface area contributed by atoms with Gasteiger partial charge in [0.15, 0.2) is 0 Å². The van der Waals surface area contributed by atoms with E-state index in [0.717, 1.165) is 12.8 Å². The highest BCUT2D eigenvalue weighted by Gasteiger charge is 2.17. The molecule has 206 valence electrons. The van der Waals surface area contributed by atoms with Gasteiger partial charge in [-0.15, -0.1) is 0 Å². The molecule has 1 saturated carbocycles. The summed E-state index contributed by atoms with van der Waals surface area (Å²) in [6.07, 6.45) is 4.86. The lowest BCUT2D eigenvalue weighted by Gasteiger charge is -2.21. The van der Waals surface area contributed by atoms with Gasteiger partial charge in [-0.1, -0.05) is 32.7 Å². The van der Waals surface area contributed by atoms with Crippen molar-refractivity contribution in [3.8, 4) is 0 Å². The zero-order valence-corrected chi connectivity index (χ0v) is 22.1. The lowest BCUT2D eigenvalue weighted by molar-refractivity contribution is -0.145. The van der Waals surface area contributed by atoms with Crippen LogP contribution < -0.4 is 0 Å². The molecule has 1 fully saturated rings. The highest BCUT2D eigenvalue weighted by Crippen LogP contribution is 2.20. The Hall–Kier alpha value is -3.24. The van der Waals surface area contributed by atoms with Gasteiger partial charge in [-0.3, -0.25) is 0 Å². The minimum atomic E-state index is -1.00. The van der Waals surface area contributed by atoms with Crippen LogP contribution in [0.1, 0.15) is 59.8 Å². The molecule has 0 aliphatic heterocycles. The first-order valence-electron chi connectivity index (χ1n) is 11.2. The highest BCUT2D eigenvalue weighted by atomic mass is 16.5. The number of methoxy groups -OCH3 is 1. The second kappa shape index (κ2) is 22.2. The fourth-order valence-corrected chi connectivity index (χ4v) is 1.96. The molecule has 0 radical (unpaired) electrons. The Morgan fingerprint density at radius 3 is 1.50 bits per heavy atom. The summed E-state index contributed by atoms with van der Waals surface area (Å²) in [5.74, 6) is -2.07. The predicted octanol–water partition coefficient (Wildman–Crippen LogP) is 3.28. The van der Waals surface area contributed by atoms with E-state index < -0.39 is 24.6 Å². The molecular weight excluding hydrogens is 472 g/mol. The van der Waals surface area contributed by atoms with Gasteiger partial charge < -0.3 is 29.5 Å². The Morgan fingerprint density at radius 2 is 1.22 bits per heavy atom. The Bertz CT molecular complexity index is 749. The first-order valence-corrected chi connectivity index (χ1v) is 11.2. The summed E-state index contributed by atoms with van der Waals surface area (Å²) in [4.78, 5) is 41.5. The lowest BCUT2D eigenvalue weighted by atomic mass is 9.98. The molecule has 0 saturated heterocycles. The number of aliphatic carboxylic acids is 1. The summed E-state index contributed by atoms with van der Waals surface area (Å²) in [5, 5.41) is 24.9. The maximum absolute atomic E-state index is 11.1. The molecule has 1 aliphatic rings. The molecule has 0 amide bonds. The first-order chi connectivity index (χ1) is 16.6. The highest BCUT2D eigenvalue weighted by molar-refractivity contribution is 5.87. The van der Waals surface area contributed by atoms with Crippen LogP contribution in [-0.2, 0) is 33.4 Å². The molecule has 1 atom stereocenters. The molecule has 10 heteroatoms. The van der Waals surface area contributed by atoms with Crippen molar-refractivity contribution >= 4 is 23.9 Å². The molecule has 1 unspecified atom stereocenters. The van der Waals surface area contributed by atoms with E-state index in [1.807, 2.05) is 0 Å². The van der Waals surface area contributed by atoms with Crippen molar-refractivity contribution in [2.45, 2.75) is 72.0 Å². The van der Waals surface area contributed by atoms with Crippen LogP contribution in [0.3, 0.4) is 0 Å². The van der Waals surface area contributed by atoms with E-state index in [1.54, 1.807) is 13.8 Å². The van der Waals surface area contributed by atoms with Gasteiger partial charge in [-0.05, 0) is 53.4 Å².